The van der Waals surface area contributed by atoms with Gasteiger partial charge in [-0.1, -0.05) is 12.1 Å². The largest absolute Gasteiger partial charge is 0.390 e. The lowest BCUT2D eigenvalue weighted by Gasteiger charge is -2.45. The molecule has 2 aromatic heterocycles. The molecule has 9 nitrogen and oxygen atoms in total. The zero-order valence-electron chi connectivity index (χ0n) is 25.8. The molecule has 3 fully saturated rings. The van der Waals surface area contributed by atoms with Crippen LogP contribution in [0.1, 0.15) is 61.9 Å². The SMILES string of the molecule is CNC(=O)n1ccc2cc(N(CCC(C)(C)O)c3ccnc(NC(=O)c4ccc(CN5CC6CCC5CC6)cc4)c3)ccc21. The number of hydrogen-bond acceptors (Lipinski definition) is 6. The monoisotopic (exact) mass is 594 g/mol. The first kappa shape index (κ1) is 29.8. The van der Waals surface area contributed by atoms with Gasteiger partial charge in [0.15, 0.2) is 0 Å². The van der Waals surface area contributed by atoms with Crippen molar-refractivity contribution in [2.45, 2.75) is 64.1 Å². The Labute approximate surface area is 258 Å². The average molecular weight is 595 g/mol. The number of nitrogens with one attached hydrogen (secondary N) is 2. The van der Waals surface area contributed by atoms with Crippen molar-refractivity contribution >= 4 is 40.0 Å². The number of pyridine rings is 1. The van der Waals surface area contributed by atoms with Crippen LogP contribution in [-0.2, 0) is 6.54 Å². The van der Waals surface area contributed by atoms with Gasteiger partial charge < -0.3 is 20.6 Å². The summed E-state index contributed by atoms with van der Waals surface area (Å²) in [5.41, 5.74) is 3.49. The van der Waals surface area contributed by atoms with E-state index in [0.29, 0.717) is 30.4 Å². The Morgan fingerprint density at radius 1 is 1.00 bits per heavy atom. The molecule has 0 unspecified atom stereocenters. The van der Waals surface area contributed by atoms with Crippen LogP contribution in [0, 0.1) is 5.92 Å². The van der Waals surface area contributed by atoms with Crippen LogP contribution in [-0.4, -0.2) is 63.3 Å². The molecule has 9 heteroatoms. The van der Waals surface area contributed by atoms with Crippen LogP contribution in [0.5, 0.6) is 0 Å². The van der Waals surface area contributed by atoms with E-state index in [-0.39, 0.29) is 11.9 Å². The molecule has 4 aromatic rings. The second kappa shape index (κ2) is 12.4. The zero-order valence-corrected chi connectivity index (χ0v) is 25.8. The van der Waals surface area contributed by atoms with Crippen LogP contribution in [0.3, 0.4) is 0 Å². The smallest absolute Gasteiger partial charge is 0.325 e. The molecule has 0 atom stereocenters. The molecule has 2 amide bonds. The number of aromatic nitrogens is 2. The number of anilines is 3. The summed E-state index contributed by atoms with van der Waals surface area (Å²) in [6.07, 6.45) is 9.30. The molecule has 1 aliphatic carbocycles. The molecule has 230 valence electrons. The van der Waals surface area contributed by atoms with E-state index in [1.165, 1.54) is 37.8 Å². The Balaban J connectivity index is 1.18. The molecule has 0 radical (unpaired) electrons. The average Bonchev–Trinajstić information content (AvgIpc) is 3.45. The molecule has 44 heavy (non-hydrogen) atoms. The first-order chi connectivity index (χ1) is 21.2. The number of piperidine rings is 2. The van der Waals surface area contributed by atoms with E-state index in [1.54, 1.807) is 37.9 Å². The highest BCUT2D eigenvalue weighted by atomic mass is 16.3. The third kappa shape index (κ3) is 6.64. The number of carbonyl (C=O) groups is 2. The maximum atomic E-state index is 13.2. The van der Waals surface area contributed by atoms with Crippen LogP contribution in [0.4, 0.5) is 22.0 Å². The van der Waals surface area contributed by atoms with E-state index in [9.17, 15) is 14.7 Å². The Morgan fingerprint density at radius 2 is 1.75 bits per heavy atom. The normalized spacial score (nSPS) is 18.4. The lowest BCUT2D eigenvalue weighted by Crippen LogP contribution is -2.47. The summed E-state index contributed by atoms with van der Waals surface area (Å²) in [7, 11) is 1.61. The van der Waals surface area contributed by atoms with Crippen LogP contribution >= 0.6 is 0 Å². The van der Waals surface area contributed by atoms with Gasteiger partial charge in [0.1, 0.15) is 5.82 Å². The molecule has 3 aliphatic rings. The maximum absolute atomic E-state index is 13.2. The van der Waals surface area contributed by atoms with Gasteiger partial charge in [-0.25, -0.2) is 9.78 Å². The summed E-state index contributed by atoms with van der Waals surface area (Å²) in [5, 5.41) is 17.1. The summed E-state index contributed by atoms with van der Waals surface area (Å²) < 4.78 is 1.57. The van der Waals surface area contributed by atoms with Crippen LogP contribution in [0.2, 0.25) is 0 Å². The summed E-state index contributed by atoms with van der Waals surface area (Å²) in [6.45, 7) is 6.24. The number of amides is 2. The Bertz CT molecular complexity index is 1630. The molecule has 2 aromatic carbocycles. The van der Waals surface area contributed by atoms with Crippen molar-refractivity contribution in [2.24, 2.45) is 5.92 Å². The molecule has 2 aliphatic heterocycles. The van der Waals surface area contributed by atoms with Crippen molar-refractivity contribution in [3.8, 4) is 0 Å². The first-order valence-electron chi connectivity index (χ1n) is 15.6. The van der Waals surface area contributed by atoms with E-state index in [2.05, 4.69) is 37.6 Å². The number of aliphatic hydroxyl groups is 1. The summed E-state index contributed by atoms with van der Waals surface area (Å²) in [4.78, 5) is 34.6. The first-order valence-corrected chi connectivity index (χ1v) is 15.6. The highest BCUT2D eigenvalue weighted by molar-refractivity contribution is 6.04. The molecular weight excluding hydrogens is 552 g/mol. The van der Waals surface area contributed by atoms with Gasteiger partial charge in [0, 0.05) is 73.5 Å². The van der Waals surface area contributed by atoms with Crippen molar-refractivity contribution in [1.29, 1.82) is 0 Å². The highest BCUT2D eigenvalue weighted by Gasteiger charge is 2.33. The standard InChI is InChI=1S/C35H42N6O3/c1-35(2,44)16-19-40(29-12-13-31-27(20-29)15-18-41(31)34(43)36-3)30-14-17-37-32(21-30)38-33(42)26-8-4-24(5-9-26)22-39-23-25-6-10-28(39)11-7-25/h4-5,8-9,12-15,17-18,20-21,25,28,44H,6-7,10-11,16,19,22-23H2,1-3H3,(H,36,43)(H,37,38,42). The third-order valence-electron chi connectivity index (χ3n) is 9.09. The zero-order chi connectivity index (χ0) is 30.8. The van der Waals surface area contributed by atoms with E-state index in [0.717, 1.165) is 34.7 Å². The van der Waals surface area contributed by atoms with Gasteiger partial charge in [-0.15, -0.1) is 0 Å². The topological polar surface area (TPSA) is 103 Å². The minimum Gasteiger partial charge on any atom is -0.390 e. The van der Waals surface area contributed by atoms with Gasteiger partial charge in [0.25, 0.3) is 5.91 Å². The van der Waals surface area contributed by atoms with Crippen LogP contribution in [0.15, 0.2) is 73.1 Å². The van der Waals surface area contributed by atoms with Gasteiger partial charge in [0.05, 0.1) is 11.1 Å². The van der Waals surface area contributed by atoms with Gasteiger partial charge in [-0.2, -0.15) is 0 Å². The predicted molar refractivity (Wildman–Crippen MR) is 175 cm³/mol. The molecule has 7 rings (SSSR count). The highest BCUT2D eigenvalue weighted by Crippen LogP contribution is 2.36. The molecule has 3 N–H and O–H groups in total. The van der Waals surface area contributed by atoms with Crippen molar-refractivity contribution in [2.75, 3.05) is 30.4 Å². The fourth-order valence-corrected chi connectivity index (χ4v) is 6.60. The van der Waals surface area contributed by atoms with Crippen molar-refractivity contribution in [3.05, 3.63) is 84.2 Å². The molecule has 1 saturated carbocycles. The number of carbonyl (C=O) groups excluding carboxylic acids is 2. The number of rotatable bonds is 9. The second-order valence-corrected chi connectivity index (χ2v) is 12.9. The summed E-state index contributed by atoms with van der Waals surface area (Å²) in [6, 6.07) is 20.0. The van der Waals surface area contributed by atoms with Crippen molar-refractivity contribution in [3.63, 3.8) is 0 Å². The fourth-order valence-electron chi connectivity index (χ4n) is 6.60. The lowest BCUT2D eigenvalue weighted by molar-refractivity contribution is 0.0426. The summed E-state index contributed by atoms with van der Waals surface area (Å²) in [5.74, 6) is 1.08. The van der Waals surface area contributed by atoms with Crippen molar-refractivity contribution < 1.29 is 14.7 Å². The van der Waals surface area contributed by atoms with Gasteiger partial charge in [-0.05, 0) is 99.9 Å². The molecule has 0 spiro atoms. The minimum absolute atomic E-state index is 0.204. The molecule has 2 bridgehead atoms. The van der Waals surface area contributed by atoms with Crippen LogP contribution < -0.4 is 15.5 Å². The van der Waals surface area contributed by atoms with E-state index in [1.807, 2.05) is 48.5 Å². The Hall–Kier alpha value is -4.21. The Morgan fingerprint density at radius 3 is 2.43 bits per heavy atom. The van der Waals surface area contributed by atoms with E-state index in [4.69, 9.17) is 0 Å². The number of fused-ring (bicyclic) bond motifs is 4. The van der Waals surface area contributed by atoms with Crippen molar-refractivity contribution in [1.82, 2.24) is 19.8 Å². The van der Waals surface area contributed by atoms with E-state index < -0.39 is 5.60 Å². The molecular formula is C35H42N6O3. The minimum atomic E-state index is -0.866. The lowest BCUT2D eigenvalue weighted by atomic mass is 9.80. The summed E-state index contributed by atoms with van der Waals surface area (Å²) >= 11 is 0. The molecule has 2 saturated heterocycles. The van der Waals surface area contributed by atoms with Gasteiger partial charge in [-0.3, -0.25) is 14.3 Å². The van der Waals surface area contributed by atoms with E-state index >= 15 is 0 Å². The Kier molecular flexibility index (Phi) is 8.42. The third-order valence-corrected chi connectivity index (χ3v) is 9.09. The van der Waals surface area contributed by atoms with Crippen LogP contribution in [0.25, 0.3) is 10.9 Å². The second-order valence-electron chi connectivity index (χ2n) is 12.9. The maximum Gasteiger partial charge on any atom is 0.325 e. The quantitative estimate of drug-likeness (QED) is 0.215. The molecule has 4 heterocycles. The van der Waals surface area contributed by atoms with Gasteiger partial charge >= 0.3 is 6.03 Å². The predicted octanol–water partition coefficient (Wildman–Crippen LogP) is 6.15. The fraction of sp³-hybridized carbons (Fsp3) is 0.400. The number of benzene rings is 2. The number of nitrogens with zero attached hydrogens (tertiary/aromatic N) is 4. The van der Waals surface area contributed by atoms with Gasteiger partial charge in [0.2, 0.25) is 0 Å². The number of hydrogen-bond donors (Lipinski definition) is 3.